The van der Waals surface area contributed by atoms with Crippen LogP contribution in [0, 0.1) is 0 Å². The Morgan fingerprint density at radius 1 is 1.40 bits per heavy atom. The molecule has 1 aromatic heterocycles. The van der Waals surface area contributed by atoms with Gasteiger partial charge >= 0.3 is 0 Å². The number of aromatic nitrogens is 2. The number of hydrogen-bond donors (Lipinski definition) is 2. The summed E-state index contributed by atoms with van der Waals surface area (Å²) in [7, 11) is 1.86. The molecule has 0 saturated carbocycles. The summed E-state index contributed by atoms with van der Waals surface area (Å²) in [5, 5.41) is 13.6. The van der Waals surface area contributed by atoms with E-state index in [0.29, 0.717) is 19.6 Å². The van der Waals surface area contributed by atoms with Gasteiger partial charge in [-0.05, 0) is 17.7 Å². The van der Waals surface area contributed by atoms with Gasteiger partial charge in [-0.15, -0.1) is 0 Å². The van der Waals surface area contributed by atoms with E-state index in [9.17, 15) is 9.90 Å². The van der Waals surface area contributed by atoms with E-state index in [4.69, 9.17) is 5.73 Å². The molecule has 2 rings (SSSR count). The van der Waals surface area contributed by atoms with E-state index in [2.05, 4.69) is 5.10 Å². The quantitative estimate of drug-likeness (QED) is 0.824. The van der Waals surface area contributed by atoms with Crippen molar-refractivity contribution in [2.24, 2.45) is 5.73 Å². The highest BCUT2D eigenvalue weighted by molar-refractivity contribution is 5.41. The monoisotopic (exact) mass is 274 g/mol. The molecule has 1 aromatic carbocycles. The smallest absolute Gasteiger partial charge is 0.269 e. The molecule has 0 atom stereocenters. The Morgan fingerprint density at radius 2 is 2.20 bits per heavy atom. The number of phenols is 1. The Bertz CT molecular complexity index is 639. The van der Waals surface area contributed by atoms with Gasteiger partial charge in [0.2, 0.25) is 0 Å². The maximum atomic E-state index is 12.0. The van der Waals surface area contributed by atoms with Crippen molar-refractivity contribution < 1.29 is 5.11 Å². The van der Waals surface area contributed by atoms with Crippen molar-refractivity contribution in [2.75, 3.05) is 25.0 Å². The van der Waals surface area contributed by atoms with Crippen LogP contribution in [0.3, 0.4) is 0 Å². The van der Waals surface area contributed by atoms with Gasteiger partial charge in [0, 0.05) is 26.2 Å². The molecule has 6 nitrogen and oxygen atoms in total. The largest absolute Gasteiger partial charge is 0.508 e. The average molecular weight is 274 g/mol. The lowest BCUT2D eigenvalue weighted by Gasteiger charge is -2.17. The third kappa shape index (κ3) is 3.36. The molecule has 0 aliphatic rings. The molecule has 0 radical (unpaired) electrons. The van der Waals surface area contributed by atoms with E-state index in [0.717, 1.165) is 11.3 Å². The van der Waals surface area contributed by atoms with Gasteiger partial charge in [0.15, 0.2) is 0 Å². The molecule has 0 fully saturated rings. The van der Waals surface area contributed by atoms with E-state index in [1.54, 1.807) is 24.4 Å². The highest BCUT2D eigenvalue weighted by Crippen LogP contribution is 2.12. The van der Waals surface area contributed by atoms with Crippen molar-refractivity contribution in [1.29, 1.82) is 0 Å². The van der Waals surface area contributed by atoms with Gasteiger partial charge < -0.3 is 15.7 Å². The Balaban J connectivity index is 2.20. The zero-order valence-corrected chi connectivity index (χ0v) is 11.4. The van der Waals surface area contributed by atoms with Crippen LogP contribution in [0.4, 0.5) is 5.69 Å². The lowest BCUT2D eigenvalue weighted by molar-refractivity contribution is 0.474. The molecule has 0 spiro atoms. The number of rotatable bonds is 5. The summed E-state index contributed by atoms with van der Waals surface area (Å²) >= 11 is 0. The normalized spacial score (nSPS) is 10.5. The molecule has 1 heterocycles. The fourth-order valence-corrected chi connectivity index (χ4v) is 1.90. The van der Waals surface area contributed by atoms with Crippen LogP contribution in [0.2, 0.25) is 0 Å². The van der Waals surface area contributed by atoms with E-state index in [-0.39, 0.29) is 11.3 Å². The third-order valence-corrected chi connectivity index (χ3v) is 3.00. The van der Waals surface area contributed by atoms with Gasteiger partial charge in [-0.25, -0.2) is 4.68 Å². The molecule has 20 heavy (non-hydrogen) atoms. The number of benzene rings is 1. The molecule has 6 heteroatoms. The fraction of sp³-hybridized carbons (Fsp3) is 0.286. The van der Waals surface area contributed by atoms with Crippen molar-refractivity contribution in [3.8, 4) is 5.75 Å². The van der Waals surface area contributed by atoms with Crippen LogP contribution < -0.4 is 16.2 Å². The van der Waals surface area contributed by atoms with Crippen molar-refractivity contribution in [3.05, 3.63) is 52.4 Å². The van der Waals surface area contributed by atoms with Crippen LogP contribution in [-0.4, -0.2) is 35.0 Å². The molecule has 0 aliphatic carbocycles. The van der Waals surface area contributed by atoms with E-state index >= 15 is 0 Å². The Kier molecular flexibility index (Phi) is 4.37. The molecule has 106 valence electrons. The first kappa shape index (κ1) is 14.1. The van der Waals surface area contributed by atoms with Crippen molar-refractivity contribution in [3.63, 3.8) is 0 Å². The van der Waals surface area contributed by atoms with Gasteiger partial charge in [-0.1, -0.05) is 12.1 Å². The molecule has 2 aromatic rings. The highest BCUT2D eigenvalue weighted by Gasteiger charge is 2.05. The number of hydrogen-bond acceptors (Lipinski definition) is 5. The van der Waals surface area contributed by atoms with E-state index in [1.165, 1.54) is 10.7 Å². The topological polar surface area (TPSA) is 84.4 Å². The zero-order valence-electron chi connectivity index (χ0n) is 11.4. The number of phenolic OH excluding ortho intramolecular Hbond substituents is 1. The number of nitrogens with two attached hydrogens (primary N) is 1. The molecular weight excluding hydrogens is 256 g/mol. The Labute approximate surface area is 117 Å². The van der Waals surface area contributed by atoms with Gasteiger partial charge in [-0.2, -0.15) is 5.10 Å². The van der Waals surface area contributed by atoms with Crippen LogP contribution in [0.1, 0.15) is 5.56 Å². The minimum absolute atomic E-state index is 0.176. The molecule has 0 aliphatic heterocycles. The first-order chi connectivity index (χ1) is 9.60. The van der Waals surface area contributed by atoms with Gasteiger partial charge in [-0.3, -0.25) is 4.79 Å². The molecule has 0 bridgehead atoms. The number of aromatic hydroxyl groups is 1. The van der Waals surface area contributed by atoms with Gasteiger partial charge in [0.1, 0.15) is 5.75 Å². The minimum Gasteiger partial charge on any atom is -0.508 e. The van der Waals surface area contributed by atoms with Crippen molar-refractivity contribution in [2.45, 2.75) is 6.54 Å². The van der Waals surface area contributed by atoms with Crippen LogP contribution in [0.15, 0.2) is 41.3 Å². The summed E-state index contributed by atoms with van der Waals surface area (Å²) < 4.78 is 1.36. The minimum atomic E-state index is -0.185. The second-order valence-corrected chi connectivity index (χ2v) is 4.59. The third-order valence-electron chi connectivity index (χ3n) is 3.00. The van der Waals surface area contributed by atoms with Crippen LogP contribution in [0.25, 0.3) is 0 Å². The number of likely N-dealkylation sites (N-methyl/N-ethyl adjacent to an activating group) is 1. The predicted molar refractivity (Wildman–Crippen MR) is 78.0 cm³/mol. The SMILES string of the molecule is CN(CCN)c1cnn(Cc2cccc(O)c2)c(=O)c1. The lowest BCUT2D eigenvalue weighted by atomic mass is 10.2. The van der Waals surface area contributed by atoms with E-state index < -0.39 is 0 Å². The second-order valence-electron chi connectivity index (χ2n) is 4.59. The number of nitrogens with zero attached hydrogens (tertiary/aromatic N) is 3. The molecule has 0 saturated heterocycles. The molecular formula is C14H18N4O2. The summed E-state index contributed by atoms with van der Waals surface area (Å²) in [6.07, 6.45) is 1.64. The van der Waals surface area contributed by atoms with Crippen molar-refractivity contribution >= 4 is 5.69 Å². The zero-order chi connectivity index (χ0) is 14.5. The summed E-state index contributed by atoms with van der Waals surface area (Å²) in [5.41, 5.74) is 6.86. The van der Waals surface area contributed by atoms with Crippen LogP contribution in [0.5, 0.6) is 5.75 Å². The van der Waals surface area contributed by atoms with Crippen LogP contribution in [-0.2, 0) is 6.54 Å². The summed E-state index contributed by atoms with van der Waals surface area (Å²) in [6.45, 7) is 1.51. The lowest BCUT2D eigenvalue weighted by Crippen LogP contribution is -2.29. The second kappa shape index (κ2) is 6.21. The molecule has 0 amide bonds. The Morgan fingerprint density at radius 3 is 2.85 bits per heavy atom. The fourth-order valence-electron chi connectivity index (χ4n) is 1.90. The first-order valence-electron chi connectivity index (χ1n) is 6.36. The average Bonchev–Trinajstić information content (AvgIpc) is 2.41. The molecule has 0 unspecified atom stereocenters. The summed E-state index contributed by atoms with van der Waals surface area (Å²) in [5.74, 6) is 0.176. The van der Waals surface area contributed by atoms with Gasteiger partial charge in [0.05, 0.1) is 18.4 Å². The first-order valence-corrected chi connectivity index (χ1v) is 6.36. The maximum absolute atomic E-state index is 12.0. The summed E-state index contributed by atoms with van der Waals surface area (Å²) in [6, 6.07) is 8.31. The van der Waals surface area contributed by atoms with Gasteiger partial charge in [0.25, 0.3) is 5.56 Å². The standard InChI is InChI=1S/C14H18N4O2/c1-17(6-5-15)12-8-14(20)18(16-9-12)10-11-3-2-4-13(19)7-11/h2-4,7-9,19H,5-6,10,15H2,1H3. The number of anilines is 1. The highest BCUT2D eigenvalue weighted by atomic mass is 16.3. The predicted octanol–water partition coefficient (Wildman–Crippen LogP) is 0.392. The van der Waals surface area contributed by atoms with Crippen LogP contribution >= 0.6 is 0 Å². The maximum Gasteiger partial charge on any atom is 0.269 e. The van der Waals surface area contributed by atoms with Crippen molar-refractivity contribution in [1.82, 2.24) is 9.78 Å². The summed E-state index contributed by atoms with van der Waals surface area (Å²) in [4.78, 5) is 13.9. The Hall–Kier alpha value is -2.34. The molecule has 3 N–H and O–H groups in total. The van der Waals surface area contributed by atoms with E-state index in [1.807, 2.05) is 18.0 Å².